The van der Waals surface area contributed by atoms with Crippen molar-refractivity contribution in [3.8, 4) is 0 Å². The molecule has 0 unspecified atom stereocenters. The van der Waals surface area contributed by atoms with E-state index in [4.69, 9.17) is 5.41 Å². The van der Waals surface area contributed by atoms with Crippen LogP contribution in [0, 0.1) is 12.3 Å². The second-order valence-corrected chi connectivity index (χ2v) is 4.95. The lowest BCUT2D eigenvalue weighted by Gasteiger charge is -2.21. The van der Waals surface area contributed by atoms with Gasteiger partial charge in [0.15, 0.2) is 5.78 Å². The molecule has 2 aromatic rings. The number of fused-ring (bicyclic) bond motifs is 1. The highest BCUT2D eigenvalue weighted by atomic mass is 16.1. The van der Waals surface area contributed by atoms with Crippen molar-refractivity contribution in [3.63, 3.8) is 0 Å². The number of aryl methyl sites for hydroxylation is 1. The largest absolute Gasteiger partial charge is 0.298 e. The SMILES string of the molecule is C=NC1=C(c2ccccc2C)C(=O)c2ccccc2C1=N. The van der Waals surface area contributed by atoms with Gasteiger partial charge in [0.05, 0.1) is 17.0 Å². The molecule has 21 heavy (non-hydrogen) atoms. The molecular formula is C18H14N2O. The molecule has 3 nitrogen and oxygen atoms in total. The molecular weight excluding hydrogens is 260 g/mol. The van der Waals surface area contributed by atoms with Crippen LogP contribution < -0.4 is 0 Å². The van der Waals surface area contributed by atoms with Gasteiger partial charge in [-0.3, -0.25) is 15.2 Å². The number of hydrogen-bond acceptors (Lipinski definition) is 3. The monoisotopic (exact) mass is 274 g/mol. The van der Waals surface area contributed by atoms with Crippen LogP contribution in [-0.2, 0) is 0 Å². The third-order valence-electron chi connectivity index (χ3n) is 3.71. The van der Waals surface area contributed by atoms with Gasteiger partial charge in [0.1, 0.15) is 0 Å². The van der Waals surface area contributed by atoms with Crippen LogP contribution in [0.1, 0.15) is 27.0 Å². The van der Waals surface area contributed by atoms with Crippen LogP contribution in [0.15, 0.2) is 59.2 Å². The number of ketones is 1. The summed E-state index contributed by atoms with van der Waals surface area (Å²) >= 11 is 0. The first-order valence-corrected chi connectivity index (χ1v) is 6.65. The van der Waals surface area contributed by atoms with Gasteiger partial charge in [-0.15, -0.1) is 0 Å². The van der Waals surface area contributed by atoms with Crippen LogP contribution in [0.4, 0.5) is 0 Å². The van der Waals surface area contributed by atoms with Crippen molar-refractivity contribution in [2.75, 3.05) is 0 Å². The van der Waals surface area contributed by atoms with Gasteiger partial charge in [0.25, 0.3) is 0 Å². The Balaban J connectivity index is 2.33. The molecule has 2 aromatic carbocycles. The second-order valence-electron chi connectivity index (χ2n) is 4.95. The summed E-state index contributed by atoms with van der Waals surface area (Å²) in [5.41, 5.74) is 4.02. The molecule has 1 aliphatic carbocycles. The van der Waals surface area contributed by atoms with E-state index >= 15 is 0 Å². The van der Waals surface area contributed by atoms with Crippen molar-refractivity contribution in [2.24, 2.45) is 4.99 Å². The fourth-order valence-electron chi connectivity index (χ4n) is 2.66. The molecule has 0 saturated carbocycles. The van der Waals surface area contributed by atoms with Gasteiger partial charge in [-0.1, -0.05) is 48.5 Å². The van der Waals surface area contributed by atoms with Crippen molar-refractivity contribution >= 4 is 23.8 Å². The lowest BCUT2D eigenvalue weighted by atomic mass is 9.82. The molecule has 0 saturated heterocycles. The summed E-state index contributed by atoms with van der Waals surface area (Å²) in [6, 6.07) is 14.8. The minimum atomic E-state index is -0.0988. The zero-order valence-electron chi connectivity index (χ0n) is 11.7. The van der Waals surface area contributed by atoms with Gasteiger partial charge in [0.2, 0.25) is 0 Å². The van der Waals surface area contributed by atoms with Crippen LogP contribution in [-0.4, -0.2) is 18.2 Å². The summed E-state index contributed by atoms with van der Waals surface area (Å²) in [7, 11) is 0. The minimum Gasteiger partial charge on any atom is -0.298 e. The maximum atomic E-state index is 12.8. The Hall–Kier alpha value is -2.81. The van der Waals surface area contributed by atoms with E-state index in [-0.39, 0.29) is 11.5 Å². The smallest absolute Gasteiger partial charge is 0.196 e. The average Bonchev–Trinajstić information content (AvgIpc) is 2.51. The first kappa shape index (κ1) is 13.2. The van der Waals surface area contributed by atoms with E-state index in [0.717, 1.165) is 11.1 Å². The third-order valence-corrected chi connectivity index (χ3v) is 3.71. The Morgan fingerprint density at radius 2 is 1.52 bits per heavy atom. The number of nitrogens with one attached hydrogen (secondary N) is 1. The van der Waals surface area contributed by atoms with E-state index in [9.17, 15) is 4.79 Å². The quantitative estimate of drug-likeness (QED) is 0.835. The van der Waals surface area contributed by atoms with Crippen LogP contribution in [0.5, 0.6) is 0 Å². The molecule has 102 valence electrons. The maximum absolute atomic E-state index is 12.8. The molecule has 0 fully saturated rings. The number of benzene rings is 2. The predicted molar refractivity (Wildman–Crippen MR) is 85.2 cm³/mol. The Morgan fingerprint density at radius 3 is 2.14 bits per heavy atom. The average molecular weight is 274 g/mol. The van der Waals surface area contributed by atoms with E-state index in [1.165, 1.54) is 0 Å². The van der Waals surface area contributed by atoms with Crippen LogP contribution in [0.3, 0.4) is 0 Å². The Morgan fingerprint density at radius 1 is 0.952 bits per heavy atom. The van der Waals surface area contributed by atoms with Gasteiger partial charge in [-0.05, 0) is 24.8 Å². The van der Waals surface area contributed by atoms with Crippen molar-refractivity contribution in [2.45, 2.75) is 6.92 Å². The van der Waals surface area contributed by atoms with Gasteiger partial charge in [0, 0.05) is 11.1 Å². The molecule has 0 bridgehead atoms. The van der Waals surface area contributed by atoms with Crippen LogP contribution >= 0.6 is 0 Å². The van der Waals surface area contributed by atoms with Crippen molar-refractivity contribution in [1.82, 2.24) is 0 Å². The van der Waals surface area contributed by atoms with Gasteiger partial charge in [-0.2, -0.15) is 0 Å². The summed E-state index contributed by atoms with van der Waals surface area (Å²) in [6.07, 6.45) is 0. The van der Waals surface area contributed by atoms with Crippen LogP contribution in [0.25, 0.3) is 5.57 Å². The Labute approximate surface area is 123 Å². The lowest BCUT2D eigenvalue weighted by Crippen LogP contribution is -2.21. The Bertz CT molecular complexity index is 815. The fourth-order valence-corrected chi connectivity index (χ4v) is 2.66. The standard InChI is InChI=1S/C18H14N2O/c1-11-7-3-4-8-12(11)15-17(20-2)16(19)13-9-5-6-10-14(13)18(15)21/h3-10,19H,2H2,1H3. The highest BCUT2D eigenvalue weighted by molar-refractivity contribution is 6.41. The molecule has 0 amide bonds. The van der Waals surface area contributed by atoms with Crippen molar-refractivity contribution < 1.29 is 4.79 Å². The first-order valence-electron chi connectivity index (χ1n) is 6.65. The Kier molecular flexibility index (Phi) is 3.10. The molecule has 1 aliphatic rings. The van der Waals surface area contributed by atoms with E-state index < -0.39 is 0 Å². The summed E-state index contributed by atoms with van der Waals surface area (Å²) < 4.78 is 0. The summed E-state index contributed by atoms with van der Waals surface area (Å²) in [5, 5.41) is 8.32. The number of hydrogen-bond donors (Lipinski definition) is 1. The van der Waals surface area contributed by atoms with Crippen molar-refractivity contribution in [3.05, 3.63) is 76.5 Å². The third kappa shape index (κ3) is 1.94. The minimum absolute atomic E-state index is 0.0988. The predicted octanol–water partition coefficient (Wildman–Crippen LogP) is 3.67. The van der Waals surface area contributed by atoms with Gasteiger partial charge >= 0.3 is 0 Å². The van der Waals surface area contributed by atoms with E-state index in [0.29, 0.717) is 22.4 Å². The maximum Gasteiger partial charge on any atom is 0.196 e. The number of allylic oxidation sites excluding steroid dienone is 2. The molecule has 0 radical (unpaired) electrons. The van der Waals surface area contributed by atoms with E-state index in [1.807, 2.05) is 43.3 Å². The van der Waals surface area contributed by atoms with Gasteiger partial charge in [-0.25, -0.2) is 0 Å². The lowest BCUT2D eigenvalue weighted by molar-refractivity contribution is 0.105. The number of Topliss-reactive ketones (excluding diaryl/α,β-unsaturated/α-hetero) is 1. The number of rotatable bonds is 2. The normalized spacial score (nSPS) is 14.1. The zero-order chi connectivity index (χ0) is 15.0. The highest BCUT2D eigenvalue weighted by Gasteiger charge is 2.30. The highest BCUT2D eigenvalue weighted by Crippen LogP contribution is 2.33. The molecule has 0 aromatic heterocycles. The first-order chi connectivity index (χ1) is 10.1. The van der Waals surface area contributed by atoms with E-state index in [1.54, 1.807) is 12.1 Å². The molecule has 0 heterocycles. The number of nitrogens with zero attached hydrogens (tertiary/aromatic N) is 1. The second kappa shape index (κ2) is 4.94. The number of aliphatic imine (C=N–C) groups is 1. The summed E-state index contributed by atoms with van der Waals surface area (Å²) in [6.45, 7) is 5.49. The van der Waals surface area contributed by atoms with Crippen molar-refractivity contribution in [1.29, 1.82) is 5.41 Å². The zero-order valence-corrected chi connectivity index (χ0v) is 11.7. The van der Waals surface area contributed by atoms with Gasteiger partial charge < -0.3 is 0 Å². The molecule has 1 N–H and O–H groups in total. The molecule has 3 heteroatoms. The molecule has 3 rings (SSSR count). The van der Waals surface area contributed by atoms with Crippen LogP contribution in [0.2, 0.25) is 0 Å². The molecule has 0 atom stereocenters. The number of carbonyl (C=O) groups excluding carboxylic acids is 1. The van der Waals surface area contributed by atoms with E-state index in [2.05, 4.69) is 11.7 Å². The molecule has 0 spiro atoms. The summed E-state index contributed by atoms with van der Waals surface area (Å²) in [5.74, 6) is -0.0988. The number of carbonyl (C=O) groups is 1. The molecule has 0 aliphatic heterocycles. The summed E-state index contributed by atoms with van der Waals surface area (Å²) in [4.78, 5) is 16.8. The fraction of sp³-hybridized carbons (Fsp3) is 0.0556. The topological polar surface area (TPSA) is 53.3 Å².